The third-order valence-electron chi connectivity index (χ3n) is 4.94. The number of ether oxygens (including phenoxy) is 1. The quantitative estimate of drug-likeness (QED) is 0.855. The van der Waals surface area contributed by atoms with E-state index in [1.165, 1.54) is 0 Å². The highest BCUT2D eigenvalue weighted by atomic mass is 16.5. The van der Waals surface area contributed by atoms with Gasteiger partial charge in [0.2, 0.25) is 5.91 Å². The number of piperidine rings is 1. The summed E-state index contributed by atoms with van der Waals surface area (Å²) in [5.41, 5.74) is 1.07. The van der Waals surface area contributed by atoms with E-state index in [2.05, 4.69) is 15.5 Å². The van der Waals surface area contributed by atoms with Crippen molar-refractivity contribution in [2.75, 3.05) is 38.6 Å². The number of hydrogen-bond acceptors (Lipinski definition) is 4. The van der Waals surface area contributed by atoms with Crippen LogP contribution in [0.5, 0.6) is 0 Å². The highest BCUT2D eigenvalue weighted by Gasteiger charge is 2.25. The van der Waals surface area contributed by atoms with Crippen molar-refractivity contribution in [2.45, 2.75) is 31.8 Å². The fraction of sp³-hybridized carbons (Fsp3) is 0.579. The number of nitrogens with zero attached hydrogens (tertiary/aromatic N) is 1. The van der Waals surface area contributed by atoms with E-state index in [9.17, 15) is 9.59 Å². The van der Waals surface area contributed by atoms with Gasteiger partial charge < -0.3 is 20.3 Å². The highest BCUT2D eigenvalue weighted by molar-refractivity contribution is 6.04. The Hall–Kier alpha value is -1.92. The van der Waals surface area contributed by atoms with Crippen LogP contribution in [0, 0.1) is 5.92 Å². The summed E-state index contributed by atoms with van der Waals surface area (Å²) in [5.74, 6) is -0.208. The predicted molar refractivity (Wildman–Crippen MR) is 96.6 cm³/mol. The lowest BCUT2D eigenvalue weighted by Crippen LogP contribution is -2.39. The highest BCUT2D eigenvalue weighted by Crippen LogP contribution is 2.20. The Morgan fingerprint density at radius 3 is 2.84 bits per heavy atom. The molecule has 0 unspecified atom stereocenters. The maximum atomic E-state index is 12.6. The molecule has 2 aliphatic rings. The van der Waals surface area contributed by atoms with E-state index >= 15 is 0 Å². The molecule has 0 radical (unpaired) electrons. The van der Waals surface area contributed by atoms with Gasteiger partial charge in [-0.2, -0.15) is 0 Å². The van der Waals surface area contributed by atoms with Gasteiger partial charge >= 0.3 is 0 Å². The van der Waals surface area contributed by atoms with Crippen molar-refractivity contribution in [1.29, 1.82) is 0 Å². The summed E-state index contributed by atoms with van der Waals surface area (Å²) in [6.45, 7) is 3.07. The third kappa shape index (κ3) is 4.80. The van der Waals surface area contributed by atoms with Gasteiger partial charge in [0.05, 0.1) is 23.3 Å². The number of carbonyl (C=O) groups is 2. The van der Waals surface area contributed by atoms with E-state index in [4.69, 9.17) is 4.74 Å². The SMILES string of the molecule is CN1CCC[C@@H](C(=O)Nc2ccccc2C(=O)NC[C@H]2CCCO2)C1. The minimum atomic E-state index is -0.174. The van der Waals surface area contributed by atoms with Crippen molar-refractivity contribution in [3.63, 3.8) is 0 Å². The number of rotatable bonds is 5. The Kier molecular flexibility index (Phi) is 6.04. The topological polar surface area (TPSA) is 70.7 Å². The Morgan fingerprint density at radius 1 is 1.24 bits per heavy atom. The summed E-state index contributed by atoms with van der Waals surface area (Å²) in [5, 5.41) is 5.87. The molecule has 136 valence electrons. The van der Waals surface area contributed by atoms with Crippen LogP contribution in [0.1, 0.15) is 36.0 Å². The molecule has 0 aromatic heterocycles. The Labute approximate surface area is 148 Å². The number of amides is 2. The molecule has 2 amide bonds. The second kappa shape index (κ2) is 8.45. The fourth-order valence-electron chi connectivity index (χ4n) is 3.51. The zero-order valence-corrected chi connectivity index (χ0v) is 14.8. The lowest BCUT2D eigenvalue weighted by molar-refractivity contribution is -0.121. The van der Waals surface area contributed by atoms with E-state index in [0.29, 0.717) is 17.8 Å². The van der Waals surface area contributed by atoms with Crippen molar-refractivity contribution < 1.29 is 14.3 Å². The molecule has 2 N–H and O–H groups in total. The number of likely N-dealkylation sites (tertiary alicyclic amines) is 1. The Morgan fingerprint density at radius 2 is 2.08 bits per heavy atom. The van der Waals surface area contributed by atoms with Gasteiger partial charge in [0.25, 0.3) is 5.91 Å². The van der Waals surface area contributed by atoms with Crippen LogP contribution in [-0.2, 0) is 9.53 Å². The summed E-state index contributed by atoms with van der Waals surface area (Å²) >= 11 is 0. The molecular formula is C19H27N3O3. The Balaban J connectivity index is 1.61. The second-order valence-electron chi connectivity index (χ2n) is 6.98. The molecule has 1 aromatic carbocycles. The van der Waals surface area contributed by atoms with Crippen LogP contribution in [0.3, 0.4) is 0 Å². The summed E-state index contributed by atoms with van der Waals surface area (Å²) in [6, 6.07) is 7.17. The first kappa shape index (κ1) is 17.9. The van der Waals surface area contributed by atoms with Crippen LogP contribution in [-0.4, -0.2) is 56.1 Å². The number of hydrogen-bond donors (Lipinski definition) is 2. The normalized spacial score (nSPS) is 24.0. The third-order valence-corrected chi connectivity index (χ3v) is 4.94. The minimum Gasteiger partial charge on any atom is -0.376 e. The summed E-state index contributed by atoms with van der Waals surface area (Å²) in [4.78, 5) is 27.2. The first-order valence-electron chi connectivity index (χ1n) is 9.11. The van der Waals surface area contributed by atoms with Gasteiger partial charge in [-0.3, -0.25) is 9.59 Å². The average Bonchev–Trinajstić information content (AvgIpc) is 3.13. The minimum absolute atomic E-state index is 0.00840. The van der Waals surface area contributed by atoms with Crippen LogP contribution >= 0.6 is 0 Å². The molecule has 0 bridgehead atoms. The van der Waals surface area contributed by atoms with Gasteiger partial charge in [-0.1, -0.05) is 12.1 Å². The maximum absolute atomic E-state index is 12.6. The number of carbonyl (C=O) groups excluding carboxylic acids is 2. The molecular weight excluding hydrogens is 318 g/mol. The molecule has 2 aliphatic heterocycles. The summed E-state index contributed by atoms with van der Waals surface area (Å²) in [7, 11) is 2.03. The summed E-state index contributed by atoms with van der Waals surface area (Å²) in [6.07, 6.45) is 4.04. The van der Waals surface area contributed by atoms with Gasteiger partial charge in [-0.05, 0) is 51.4 Å². The monoisotopic (exact) mass is 345 g/mol. The molecule has 2 atom stereocenters. The molecule has 2 saturated heterocycles. The number of anilines is 1. The van der Waals surface area contributed by atoms with Gasteiger partial charge in [0.1, 0.15) is 0 Å². The summed E-state index contributed by atoms with van der Waals surface area (Å²) < 4.78 is 5.53. The van der Waals surface area contributed by atoms with Crippen molar-refractivity contribution >= 4 is 17.5 Å². The van der Waals surface area contributed by atoms with Gasteiger partial charge in [-0.15, -0.1) is 0 Å². The van der Waals surface area contributed by atoms with Crippen LogP contribution in [0.2, 0.25) is 0 Å². The molecule has 25 heavy (non-hydrogen) atoms. The number of benzene rings is 1. The van der Waals surface area contributed by atoms with Crippen LogP contribution in [0.4, 0.5) is 5.69 Å². The van der Waals surface area contributed by atoms with Crippen molar-refractivity contribution in [3.05, 3.63) is 29.8 Å². The van der Waals surface area contributed by atoms with E-state index in [-0.39, 0.29) is 23.8 Å². The molecule has 2 heterocycles. The molecule has 0 aliphatic carbocycles. The smallest absolute Gasteiger partial charge is 0.253 e. The molecule has 0 spiro atoms. The molecule has 2 fully saturated rings. The van der Waals surface area contributed by atoms with Gasteiger partial charge in [0, 0.05) is 19.7 Å². The lowest BCUT2D eigenvalue weighted by atomic mass is 9.97. The van der Waals surface area contributed by atoms with E-state index in [1.807, 2.05) is 19.2 Å². The fourth-order valence-corrected chi connectivity index (χ4v) is 3.51. The van der Waals surface area contributed by atoms with E-state index < -0.39 is 0 Å². The maximum Gasteiger partial charge on any atom is 0.253 e. The second-order valence-corrected chi connectivity index (χ2v) is 6.98. The largest absolute Gasteiger partial charge is 0.376 e. The standard InChI is InChI=1S/C19H27N3O3/c1-22-10-4-6-14(13-22)18(23)21-17-9-3-2-8-16(17)19(24)20-12-15-7-5-11-25-15/h2-3,8-9,14-15H,4-7,10-13H2,1H3,(H,20,24)(H,21,23)/t14-,15-/m1/s1. The first-order valence-corrected chi connectivity index (χ1v) is 9.11. The predicted octanol–water partition coefficient (Wildman–Crippen LogP) is 1.88. The molecule has 3 rings (SSSR count). The van der Waals surface area contributed by atoms with Crippen LogP contribution in [0.25, 0.3) is 0 Å². The first-order chi connectivity index (χ1) is 12.1. The number of para-hydroxylation sites is 1. The van der Waals surface area contributed by atoms with Crippen LogP contribution < -0.4 is 10.6 Å². The number of nitrogens with one attached hydrogen (secondary N) is 2. The van der Waals surface area contributed by atoms with Gasteiger partial charge in [-0.25, -0.2) is 0 Å². The zero-order chi connectivity index (χ0) is 17.6. The van der Waals surface area contributed by atoms with E-state index in [1.54, 1.807) is 12.1 Å². The van der Waals surface area contributed by atoms with Crippen molar-refractivity contribution in [2.24, 2.45) is 5.92 Å². The zero-order valence-electron chi connectivity index (χ0n) is 14.8. The molecule has 0 saturated carbocycles. The van der Waals surface area contributed by atoms with Crippen molar-refractivity contribution in [1.82, 2.24) is 10.2 Å². The van der Waals surface area contributed by atoms with Gasteiger partial charge in [0.15, 0.2) is 0 Å². The Bertz CT molecular complexity index is 614. The molecule has 6 heteroatoms. The van der Waals surface area contributed by atoms with Crippen molar-refractivity contribution in [3.8, 4) is 0 Å². The molecule has 6 nitrogen and oxygen atoms in total. The average molecular weight is 345 g/mol. The van der Waals surface area contributed by atoms with Crippen LogP contribution in [0.15, 0.2) is 24.3 Å². The van der Waals surface area contributed by atoms with E-state index in [0.717, 1.165) is 45.4 Å². The lowest BCUT2D eigenvalue weighted by Gasteiger charge is -2.28. The molecule has 1 aromatic rings.